The van der Waals surface area contributed by atoms with Crippen molar-refractivity contribution in [1.29, 1.82) is 0 Å². The van der Waals surface area contributed by atoms with Crippen molar-refractivity contribution in [2.45, 2.75) is 44.8 Å². The molecule has 16 heavy (non-hydrogen) atoms. The highest BCUT2D eigenvalue weighted by Gasteiger charge is 2.60. The first kappa shape index (κ1) is 10.3. The largest absolute Gasteiger partial charge is 0.361 e. The van der Waals surface area contributed by atoms with E-state index in [1.54, 1.807) is 0 Å². The third-order valence-corrected chi connectivity index (χ3v) is 4.42. The molecule has 0 bridgehead atoms. The van der Waals surface area contributed by atoms with Gasteiger partial charge in [0.15, 0.2) is 0 Å². The Morgan fingerprint density at radius 3 is 2.62 bits per heavy atom. The summed E-state index contributed by atoms with van der Waals surface area (Å²) in [6, 6.07) is 10.8. The van der Waals surface area contributed by atoms with Crippen LogP contribution in [0.5, 0.6) is 0 Å². The Hall–Kier alpha value is -0.820. The average molecular weight is 216 g/mol. The van der Waals surface area contributed by atoms with Crippen LogP contribution < -0.4 is 0 Å². The Morgan fingerprint density at radius 1 is 1.25 bits per heavy atom. The Morgan fingerprint density at radius 2 is 2.00 bits per heavy atom. The lowest BCUT2D eigenvalue weighted by Gasteiger charge is -2.27. The Bertz CT molecular complexity index is 370. The molecule has 86 valence electrons. The molecule has 1 heterocycles. The first-order valence-corrected chi connectivity index (χ1v) is 6.46. The average Bonchev–Trinajstić information content (AvgIpc) is 3.04. The molecule has 1 aromatic rings. The first-order valence-electron chi connectivity index (χ1n) is 6.46. The van der Waals surface area contributed by atoms with Gasteiger partial charge in [0, 0.05) is 0 Å². The van der Waals surface area contributed by atoms with E-state index in [9.17, 15) is 0 Å². The van der Waals surface area contributed by atoms with Crippen molar-refractivity contribution in [1.82, 2.24) is 0 Å². The van der Waals surface area contributed by atoms with Gasteiger partial charge in [-0.05, 0) is 36.7 Å². The highest BCUT2D eigenvalue weighted by molar-refractivity contribution is 5.30. The van der Waals surface area contributed by atoms with Crippen LogP contribution in [0.25, 0.3) is 0 Å². The highest BCUT2D eigenvalue weighted by Crippen LogP contribution is 2.57. The van der Waals surface area contributed by atoms with E-state index in [0.29, 0.717) is 6.10 Å². The van der Waals surface area contributed by atoms with Gasteiger partial charge in [-0.25, -0.2) is 0 Å². The first-order chi connectivity index (χ1) is 7.72. The maximum Gasteiger partial charge on any atom is 0.120 e. The van der Waals surface area contributed by atoms with Crippen LogP contribution >= 0.6 is 0 Å². The summed E-state index contributed by atoms with van der Waals surface area (Å²) in [6.45, 7) is 4.67. The number of hydrogen-bond acceptors (Lipinski definition) is 1. The zero-order valence-corrected chi connectivity index (χ0v) is 10.1. The SMILES string of the molecule is CC(C)[C@@H]1CC[C@]2(c3ccccc3)O[C@H]2C1. The molecule has 1 heteroatoms. The summed E-state index contributed by atoms with van der Waals surface area (Å²) in [5.74, 6) is 1.67. The highest BCUT2D eigenvalue weighted by atomic mass is 16.6. The van der Waals surface area contributed by atoms with E-state index >= 15 is 0 Å². The van der Waals surface area contributed by atoms with E-state index in [4.69, 9.17) is 4.74 Å². The van der Waals surface area contributed by atoms with Crippen LogP contribution in [0.1, 0.15) is 38.7 Å². The lowest BCUT2D eigenvalue weighted by molar-refractivity contribution is 0.264. The molecule has 1 aliphatic carbocycles. The second-order valence-corrected chi connectivity index (χ2v) is 5.64. The lowest BCUT2D eigenvalue weighted by atomic mass is 9.75. The summed E-state index contributed by atoms with van der Waals surface area (Å²) in [6.07, 6.45) is 4.29. The monoisotopic (exact) mass is 216 g/mol. The van der Waals surface area contributed by atoms with Gasteiger partial charge in [0.25, 0.3) is 0 Å². The summed E-state index contributed by atoms with van der Waals surface area (Å²) in [5.41, 5.74) is 1.49. The summed E-state index contributed by atoms with van der Waals surface area (Å²) >= 11 is 0. The van der Waals surface area contributed by atoms with Gasteiger partial charge in [-0.3, -0.25) is 0 Å². The lowest BCUT2D eigenvalue weighted by Crippen LogP contribution is -2.25. The molecule has 3 atom stereocenters. The Balaban J connectivity index is 1.77. The van der Waals surface area contributed by atoms with Crippen molar-refractivity contribution in [2.24, 2.45) is 11.8 Å². The summed E-state index contributed by atoms with van der Waals surface area (Å²) in [5, 5.41) is 0. The predicted octanol–water partition coefficient (Wildman–Crippen LogP) is 3.74. The summed E-state index contributed by atoms with van der Waals surface area (Å²) < 4.78 is 6.03. The molecule has 0 radical (unpaired) electrons. The molecular weight excluding hydrogens is 196 g/mol. The summed E-state index contributed by atoms with van der Waals surface area (Å²) in [4.78, 5) is 0. The molecule has 1 nitrogen and oxygen atoms in total. The number of rotatable bonds is 2. The van der Waals surface area contributed by atoms with E-state index in [1.165, 1.54) is 24.8 Å². The second-order valence-electron chi connectivity index (χ2n) is 5.64. The van der Waals surface area contributed by atoms with Crippen LogP contribution in [0.4, 0.5) is 0 Å². The number of fused-ring (bicyclic) bond motifs is 1. The van der Waals surface area contributed by atoms with Gasteiger partial charge < -0.3 is 4.74 Å². The van der Waals surface area contributed by atoms with Crippen molar-refractivity contribution >= 4 is 0 Å². The molecule has 0 aromatic heterocycles. The van der Waals surface area contributed by atoms with Crippen molar-refractivity contribution in [3.8, 4) is 0 Å². The molecule has 0 unspecified atom stereocenters. The van der Waals surface area contributed by atoms with Gasteiger partial charge in [0.2, 0.25) is 0 Å². The number of ether oxygens (including phenoxy) is 1. The third kappa shape index (κ3) is 1.49. The molecule has 2 fully saturated rings. The van der Waals surface area contributed by atoms with E-state index in [0.717, 1.165) is 11.8 Å². The van der Waals surface area contributed by atoms with E-state index in [1.807, 2.05) is 0 Å². The quantitative estimate of drug-likeness (QED) is 0.686. The Labute approximate surface area is 97.8 Å². The van der Waals surface area contributed by atoms with Crippen LogP contribution in [-0.4, -0.2) is 6.10 Å². The van der Waals surface area contributed by atoms with E-state index < -0.39 is 0 Å². The van der Waals surface area contributed by atoms with Crippen molar-refractivity contribution < 1.29 is 4.74 Å². The minimum Gasteiger partial charge on any atom is -0.361 e. The molecule has 1 saturated carbocycles. The third-order valence-electron chi connectivity index (χ3n) is 4.42. The van der Waals surface area contributed by atoms with Crippen LogP contribution in [0.15, 0.2) is 30.3 Å². The standard InChI is InChI=1S/C15H20O/c1-11(2)12-8-9-15(14(10-12)16-15)13-6-4-3-5-7-13/h3-7,11-12,14H,8-10H2,1-2H3/t12-,14+,15-/m1/s1. The smallest absolute Gasteiger partial charge is 0.120 e. The zero-order chi connectivity index (χ0) is 11.2. The predicted molar refractivity (Wildman–Crippen MR) is 65.2 cm³/mol. The van der Waals surface area contributed by atoms with Gasteiger partial charge in [0.05, 0.1) is 6.10 Å². The maximum absolute atomic E-state index is 6.03. The molecule has 0 amide bonds. The minimum atomic E-state index is 0.104. The molecular formula is C15H20O. The van der Waals surface area contributed by atoms with Crippen molar-refractivity contribution in [3.63, 3.8) is 0 Å². The van der Waals surface area contributed by atoms with Crippen LogP contribution in [0.3, 0.4) is 0 Å². The normalized spacial score (nSPS) is 37.2. The number of epoxide rings is 1. The molecule has 2 aliphatic rings. The number of hydrogen-bond donors (Lipinski definition) is 0. The molecule has 1 aliphatic heterocycles. The van der Waals surface area contributed by atoms with Crippen molar-refractivity contribution in [2.75, 3.05) is 0 Å². The fraction of sp³-hybridized carbons (Fsp3) is 0.600. The molecule has 0 N–H and O–H groups in total. The van der Waals surface area contributed by atoms with Crippen LogP contribution in [0.2, 0.25) is 0 Å². The Kier molecular flexibility index (Phi) is 2.32. The topological polar surface area (TPSA) is 12.5 Å². The van der Waals surface area contributed by atoms with Gasteiger partial charge in [-0.1, -0.05) is 44.2 Å². The zero-order valence-electron chi connectivity index (χ0n) is 10.1. The number of benzene rings is 1. The van der Waals surface area contributed by atoms with Gasteiger partial charge in [0.1, 0.15) is 5.60 Å². The van der Waals surface area contributed by atoms with E-state index in [-0.39, 0.29) is 5.60 Å². The second kappa shape index (κ2) is 3.59. The summed E-state index contributed by atoms with van der Waals surface area (Å²) in [7, 11) is 0. The fourth-order valence-corrected chi connectivity index (χ4v) is 3.19. The molecule has 1 aromatic carbocycles. The van der Waals surface area contributed by atoms with Crippen LogP contribution in [-0.2, 0) is 10.3 Å². The van der Waals surface area contributed by atoms with Gasteiger partial charge in [-0.2, -0.15) is 0 Å². The van der Waals surface area contributed by atoms with E-state index in [2.05, 4.69) is 44.2 Å². The van der Waals surface area contributed by atoms with Crippen molar-refractivity contribution in [3.05, 3.63) is 35.9 Å². The van der Waals surface area contributed by atoms with Gasteiger partial charge in [-0.15, -0.1) is 0 Å². The fourth-order valence-electron chi connectivity index (χ4n) is 3.19. The molecule has 3 rings (SSSR count). The minimum absolute atomic E-state index is 0.104. The van der Waals surface area contributed by atoms with Gasteiger partial charge >= 0.3 is 0 Å². The molecule has 0 spiro atoms. The maximum atomic E-state index is 6.03. The molecule has 1 saturated heterocycles. The van der Waals surface area contributed by atoms with Crippen LogP contribution in [0, 0.1) is 11.8 Å².